The second-order valence-electron chi connectivity index (χ2n) is 9.87. The highest BCUT2D eigenvalue weighted by molar-refractivity contribution is 7.92. The van der Waals surface area contributed by atoms with E-state index in [4.69, 9.17) is 0 Å². The van der Waals surface area contributed by atoms with Crippen molar-refractivity contribution in [2.24, 2.45) is 0 Å². The fourth-order valence-electron chi connectivity index (χ4n) is 4.69. The molecule has 0 aliphatic carbocycles. The molecule has 1 amide bonds. The maximum absolute atomic E-state index is 13.5. The second-order valence-corrected chi connectivity index (χ2v) is 11.7. The lowest BCUT2D eigenvalue weighted by Crippen LogP contribution is -2.43. The number of piperidine rings is 1. The van der Waals surface area contributed by atoms with Crippen molar-refractivity contribution in [1.29, 1.82) is 0 Å². The highest BCUT2D eigenvalue weighted by Gasteiger charge is 2.27. The van der Waals surface area contributed by atoms with Gasteiger partial charge in [-0.3, -0.25) is 9.10 Å². The summed E-state index contributed by atoms with van der Waals surface area (Å²) in [4.78, 5) is 15.6. The molecule has 2 aromatic carbocycles. The fourth-order valence-corrected chi connectivity index (χ4v) is 6.11. The Bertz CT molecular complexity index is 1050. The van der Waals surface area contributed by atoms with Gasteiger partial charge in [0.05, 0.1) is 10.6 Å². The number of likely N-dealkylation sites (tertiary alicyclic amines) is 1. The highest BCUT2D eigenvalue weighted by Crippen LogP contribution is 2.26. The average molecular weight is 500 g/mol. The van der Waals surface area contributed by atoms with Crippen LogP contribution in [0, 0.1) is 6.92 Å². The molecule has 0 radical (unpaired) electrons. The molecule has 1 fully saturated rings. The van der Waals surface area contributed by atoms with E-state index in [-0.39, 0.29) is 17.3 Å². The predicted octanol–water partition coefficient (Wildman–Crippen LogP) is 5.08. The van der Waals surface area contributed by atoms with Crippen LogP contribution in [0.5, 0.6) is 0 Å². The van der Waals surface area contributed by atoms with Crippen LogP contribution in [0.25, 0.3) is 0 Å². The molecule has 1 saturated heterocycles. The molecule has 1 unspecified atom stereocenters. The van der Waals surface area contributed by atoms with Crippen LogP contribution in [0.4, 0.5) is 5.69 Å². The standard InChI is InChI=1S/C28H41N3O3S/c1-5-25-9-6-7-19-30(25)20-8-18-29-28(32)21-31(26-14-12-24(13-15-26)22(2)3)35(33,34)27-16-10-23(4)11-17-27/h10-17,22,25H,5-9,18-21H2,1-4H3,(H,29,32). The third-order valence-corrected chi connectivity index (χ3v) is 8.70. The van der Waals surface area contributed by atoms with Gasteiger partial charge in [-0.1, -0.05) is 57.0 Å². The van der Waals surface area contributed by atoms with Gasteiger partial charge in [-0.05, 0) is 74.9 Å². The number of carbonyl (C=O) groups is 1. The summed E-state index contributed by atoms with van der Waals surface area (Å²) in [5.41, 5.74) is 2.59. The molecule has 1 aliphatic heterocycles. The summed E-state index contributed by atoms with van der Waals surface area (Å²) >= 11 is 0. The summed E-state index contributed by atoms with van der Waals surface area (Å²) in [5, 5.41) is 2.95. The Morgan fingerprint density at radius 2 is 1.77 bits per heavy atom. The first-order chi connectivity index (χ1) is 16.7. The maximum Gasteiger partial charge on any atom is 0.264 e. The normalized spacial score (nSPS) is 16.9. The first-order valence-corrected chi connectivity index (χ1v) is 14.4. The van der Waals surface area contributed by atoms with E-state index in [1.807, 2.05) is 19.1 Å². The van der Waals surface area contributed by atoms with Crippen molar-refractivity contribution in [3.05, 3.63) is 59.7 Å². The number of sulfonamides is 1. The molecular weight excluding hydrogens is 458 g/mol. The number of hydrogen-bond donors (Lipinski definition) is 1. The molecule has 1 N–H and O–H groups in total. The number of aryl methyl sites for hydroxylation is 1. The van der Waals surface area contributed by atoms with E-state index in [9.17, 15) is 13.2 Å². The zero-order valence-electron chi connectivity index (χ0n) is 21.7. The average Bonchev–Trinajstić information content (AvgIpc) is 2.85. The molecule has 0 spiro atoms. The van der Waals surface area contributed by atoms with Gasteiger partial charge in [-0.15, -0.1) is 0 Å². The molecule has 35 heavy (non-hydrogen) atoms. The Labute approximate surface area is 211 Å². The van der Waals surface area contributed by atoms with Crippen LogP contribution in [-0.2, 0) is 14.8 Å². The summed E-state index contributed by atoms with van der Waals surface area (Å²) in [6.07, 6.45) is 5.81. The van der Waals surface area contributed by atoms with E-state index >= 15 is 0 Å². The first kappa shape index (κ1) is 27.2. The Hall–Kier alpha value is -2.38. The van der Waals surface area contributed by atoms with Crippen LogP contribution >= 0.6 is 0 Å². The van der Waals surface area contributed by atoms with E-state index < -0.39 is 10.0 Å². The largest absolute Gasteiger partial charge is 0.354 e. The number of hydrogen-bond acceptors (Lipinski definition) is 4. The lowest BCUT2D eigenvalue weighted by Gasteiger charge is -2.35. The summed E-state index contributed by atoms with van der Waals surface area (Å²) in [6, 6.07) is 14.8. The minimum atomic E-state index is -3.89. The summed E-state index contributed by atoms with van der Waals surface area (Å²) < 4.78 is 28.3. The van der Waals surface area contributed by atoms with Gasteiger partial charge in [0.15, 0.2) is 0 Å². The second kappa shape index (κ2) is 12.5. The third-order valence-electron chi connectivity index (χ3n) is 6.91. The van der Waals surface area contributed by atoms with Crippen molar-refractivity contribution in [3.8, 4) is 0 Å². The zero-order chi connectivity index (χ0) is 25.4. The molecule has 192 valence electrons. The van der Waals surface area contributed by atoms with Gasteiger partial charge in [0.25, 0.3) is 10.0 Å². The predicted molar refractivity (Wildman–Crippen MR) is 143 cm³/mol. The molecule has 0 bridgehead atoms. The highest BCUT2D eigenvalue weighted by atomic mass is 32.2. The van der Waals surface area contributed by atoms with Crippen LogP contribution in [0.15, 0.2) is 53.4 Å². The van der Waals surface area contributed by atoms with Gasteiger partial charge in [-0.25, -0.2) is 8.42 Å². The Kier molecular flexibility index (Phi) is 9.75. The van der Waals surface area contributed by atoms with Crippen LogP contribution < -0.4 is 9.62 Å². The van der Waals surface area contributed by atoms with Crippen molar-refractivity contribution in [1.82, 2.24) is 10.2 Å². The van der Waals surface area contributed by atoms with E-state index in [0.717, 1.165) is 37.1 Å². The number of anilines is 1. The molecule has 1 heterocycles. The molecule has 2 aromatic rings. The number of benzene rings is 2. The maximum atomic E-state index is 13.5. The number of amides is 1. The third kappa shape index (κ3) is 7.31. The molecule has 0 saturated carbocycles. The van der Waals surface area contributed by atoms with Crippen molar-refractivity contribution >= 4 is 21.6 Å². The van der Waals surface area contributed by atoms with E-state index in [2.05, 4.69) is 31.0 Å². The quantitative estimate of drug-likeness (QED) is 0.438. The molecule has 1 atom stereocenters. The summed E-state index contributed by atoms with van der Waals surface area (Å²) in [6.45, 7) is 10.7. The minimum Gasteiger partial charge on any atom is -0.354 e. The summed E-state index contributed by atoms with van der Waals surface area (Å²) in [7, 11) is -3.89. The Morgan fingerprint density at radius 1 is 1.09 bits per heavy atom. The van der Waals surface area contributed by atoms with Gasteiger partial charge in [-0.2, -0.15) is 0 Å². The van der Waals surface area contributed by atoms with Crippen molar-refractivity contribution in [3.63, 3.8) is 0 Å². The molecule has 1 aliphatic rings. The smallest absolute Gasteiger partial charge is 0.264 e. The first-order valence-electron chi connectivity index (χ1n) is 12.9. The summed E-state index contributed by atoms with van der Waals surface area (Å²) in [5.74, 6) is 0.0426. The fraction of sp³-hybridized carbons (Fsp3) is 0.536. The van der Waals surface area contributed by atoms with Crippen LogP contribution in [0.3, 0.4) is 0 Å². The van der Waals surface area contributed by atoms with Crippen molar-refractivity contribution in [2.75, 3.05) is 30.5 Å². The van der Waals surface area contributed by atoms with Crippen LogP contribution in [0.1, 0.15) is 69.9 Å². The van der Waals surface area contributed by atoms with Gasteiger partial charge in [0, 0.05) is 19.1 Å². The lowest BCUT2D eigenvalue weighted by molar-refractivity contribution is -0.119. The zero-order valence-corrected chi connectivity index (χ0v) is 22.5. The minimum absolute atomic E-state index is 0.180. The SMILES string of the molecule is CCC1CCCCN1CCCNC(=O)CN(c1ccc(C(C)C)cc1)S(=O)(=O)c1ccc(C)cc1. The van der Waals surface area contributed by atoms with Crippen molar-refractivity contribution in [2.45, 2.75) is 76.7 Å². The van der Waals surface area contributed by atoms with Crippen molar-refractivity contribution < 1.29 is 13.2 Å². The van der Waals surface area contributed by atoms with E-state index in [1.165, 1.54) is 23.6 Å². The number of carbonyl (C=O) groups excluding carboxylic acids is 1. The van der Waals surface area contributed by atoms with Gasteiger partial charge in [0.1, 0.15) is 6.54 Å². The molecule has 7 heteroatoms. The Morgan fingerprint density at radius 3 is 2.40 bits per heavy atom. The lowest BCUT2D eigenvalue weighted by atomic mass is 10.00. The number of nitrogens with zero attached hydrogens (tertiary/aromatic N) is 2. The van der Waals surface area contributed by atoms with E-state index in [0.29, 0.717) is 24.2 Å². The van der Waals surface area contributed by atoms with Crippen LogP contribution in [-0.4, -0.2) is 51.4 Å². The topological polar surface area (TPSA) is 69.7 Å². The number of rotatable bonds is 11. The van der Waals surface area contributed by atoms with Gasteiger partial charge >= 0.3 is 0 Å². The molecular formula is C28H41N3O3S. The van der Waals surface area contributed by atoms with Gasteiger partial charge in [0.2, 0.25) is 5.91 Å². The molecule has 3 rings (SSSR count). The monoisotopic (exact) mass is 499 g/mol. The number of nitrogens with one attached hydrogen (secondary N) is 1. The van der Waals surface area contributed by atoms with E-state index in [1.54, 1.807) is 36.4 Å². The Balaban J connectivity index is 1.69. The van der Waals surface area contributed by atoms with Crippen LogP contribution in [0.2, 0.25) is 0 Å². The molecule has 6 nitrogen and oxygen atoms in total. The molecule has 0 aromatic heterocycles. The van der Waals surface area contributed by atoms with Gasteiger partial charge < -0.3 is 10.2 Å².